The number of hydrogen-bond donors (Lipinski definition) is 1. The van der Waals surface area contributed by atoms with Gasteiger partial charge in [0.2, 0.25) is 0 Å². The number of nitrogens with one attached hydrogen (secondary N) is 1. The van der Waals surface area contributed by atoms with Crippen LogP contribution in [0.4, 0.5) is 10.5 Å². The summed E-state index contributed by atoms with van der Waals surface area (Å²) in [6, 6.07) is 10.9. The third-order valence-electron chi connectivity index (χ3n) is 3.88. The van der Waals surface area contributed by atoms with E-state index in [4.69, 9.17) is 9.47 Å². The average molecular weight is 431 g/mol. The van der Waals surface area contributed by atoms with E-state index in [9.17, 15) is 14.4 Å². The Balaban J connectivity index is 2.05. The molecule has 2 aromatic rings. The molecule has 27 heavy (non-hydrogen) atoms. The highest BCUT2D eigenvalue weighted by molar-refractivity contribution is 9.10. The largest absolute Gasteiger partial charge is 0.493 e. The van der Waals surface area contributed by atoms with E-state index in [1.165, 1.54) is 20.3 Å². The number of nitrogens with zero attached hydrogens (tertiary/aromatic N) is 1. The number of benzene rings is 2. The number of para-hydroxylation sites is 1. The molecule has 7 nitrogen and oxygen atoms in total. The van der Waals surface area contributed by atoms with Crippen LogP contribution in [0.15, 0.2) is 52.5 Å². The Labute approximate surface area is 163 Å². The summed E-state index contributed by atoms with van der Waals surface area (Å²) in [5, 5.41) is 2.19. The summed E-state index contributed by atoms with van der Waals surface area (Å²) in [7, 11) is 2.98. The Morgan fingerprint density at radius 2 is 1.74 bits per heavy atom. The molecule has 2 aromatic carbocycles. The molecule has 3 rings (SSSR count). The van der Waals surface area contributed by atoms with E-state index in [0.717, 1.165) is 4.90 Å². The summed E-state index contributed by atoms with van der Waals surface area (Å²) in [6.07, 6.45) is 1.40. The molecule has 1 aliphatic rings. The second-order valence-corrected chi connectivity index (χ2v) is 6.39. The quantitative estimate of drug-likeness (QED) is 0.594. The molecule has 0 atom stereocenters. The second-order valence-electron chi connectivity index (χ2n) is 5.53. The minimum atomic E-state index is -0.790. The van der Waals surface area contributed by atoms with Crippen molar-refractivity contribution in [3.63, 3.8) is 0 Å². The molecule has 138 valence electrons. The number of carbonyl (C=O) groups is 3. The monoisotopic (exact) mass is 430 g/mol. The molecule has 0 saturated carbocycles. The van der Waals surface area contributed by atoms with Gasteiger partial charge in [0.1, 0.15) is 5.57 Å². The molecule has 0 unspecified atom stereocenters. The van der Waals surface area contributed by atoms with Crippen molar-refractivity contribution < 1.29 is 23.9 Å². The van der Waals surface area contributed by atoms with Gasteiger partial charge in [-0.25, -0.2) is 9.69 Å². The third kappa shape index (κ3) is 3.56. The number of imide groups is 2. The number of rotatable bonds is 4. The number of anilines is 1. The summed E-state index contributed by atoms with van der Waals surface area (Å²) in [6.45, 7) is 0. The highest BCUT2D eigenvalue weighted by Crippen LogP contribution is 2.37. The van der Waals surface area contributed by atoms with E-state index in [1.54, 1.807) is 42.5 Å². The van der Waals surface area contributed by atoms with Crippen molar-refractivity contribution in [1.82, 2.24) is 5.32 Å². The molecule has 0 aromatic heterocycles. The number of amides is 4. The summed E-state index contributed by atoms with van der Waals surface area (Å²) in [5.41, 5.74) is 0.727. The van der Waals surface area contributed by atoms with Crippen LogP contribution >= 0.6 is 15.9 Å². The Bertz CT molecular complexity index is 956. The van der Waals surface area contributed by atoms with Gasteiger partial charge in [0.05, 0.1) is 24.4 Å². The number of urea groups is 1. The van der Waals surface area contributed by atoms with Crippen LogP contribution in [0.2, 0.25) is 0 Å². The summed E-state index contributed by atoms with van der Waals surface area (Å²) in [4.78, 5) is 38.1. The van der Waals surface area contributed by atoms with E-state index in [2.05, 4.69) is 21.2 Å². The van der Waals surface area contributed by atoms with Gasteiger partial charge >= 0.3 is 6.03 Å². The maximum Gasteiger partial charge on any atom is 0.335 e. The highest BCUT2D eigenvalue weighted by atomic mass is 79.9. The average Bonchev–Trinajstić information content (AvgIpc) is 2.65. The summed E-state index contributed by atoms with van der Waals surface area (Å²) >= 11 is 3.37. The first kappa shape index (κ1) is 18.7. The lowest BCUT2D eigenvalue weighted by molar-refractivity contribution is -0.122. The summed E-state index contributed by atoms with van der Waals surface area (Å²) < 4.78 is 11.1. The van der Waals surface area contributed by atoms with Crippen molar-refractivity contribution in [2.45, 2.75) is 0 Å². The zero-order valence-corrected chi connectivity index (χ0v) is 16.1. The predicted molar refractivity (Wildman–Crippen MR) is 103 cm³/mol. The van der Waals surface area contributed by atoms with Crippen molar-refractivity contribution in [1.29, 1.82) is 0 Å². The lowest BCUT2D eigenvalue weighted by Gasteiger charge is -2.26. The lowest BCUT2D eigenvalue weighted by atomic mass is 10.1. The lowest BCUT2D eigenvalue weighted by Crippen LogP contribution is -2.54. The van der Waals surface area contributed by atoms with Crippen molar-refractivity contribution in [2.75, 3.05) is 19.1 Å². The fourth-order valence-corrected chi connectivity index (χ4v) is 3.28. The summed E-state index contributed by atoms with van der Waals surface area (Å²) in [5.74, 6) is -0.553. The van der Waals surface area contributed by atoms with Crippen molar-refractivity contribution >= 4 is 45.5 Å². The molecule has 1 N–H and O–H groups in total. The molecule has 1 fully saturated rings. The topological polar surface area (TPSA) is 84.9 Å². The van der Waals surface area contributed by atoms with Gasteiger partial charge in [0, 0.05) is 0 Å². The number of hydrogen-bond acceptors (Lipinski definition) is 5. The first-order valence-electron chi connectivity index (χ1n) is 7.84. The fourth-order valence-electron chi connectivity index (χ4n) is 2.66. The fraction of sp³-hybridized carbons (Fsp3) is 0.105. The van der Waals surface area contributed by atoms with Crippen LogP contribution in [-0.4, -0.2) is 32.1 Å². The van der Waals surface area contributed by atoms with Gasteiger partial charge in [0.25, 0.3) is 11.8 Å². The highest BCUT2D eigenvalue weighted by Gasteiger charge is 2.36. The van der Waals surface area contributed by atoms with E-state index < -0.39 is 17.8 Å². The molecule has 0 bridgehead atoms. The zero-order valence-electron chi connectivity index (χ0n) is 14.5. The minimum absolute atomic E-state index is 0.169. The first-order chi connectivity index (χ1) is 13.0. The van der Waals surface area contributed by atoms with E-state index in [1.807, 2.05) is 0 Å². The first-order valence-corrected chi connectivity index (χ1v) is 8.63. The smallest absolute Gasteiger partial charge is 0.335 e. The van der Waals surface area contributed by atoms with Gasteiger partial charge in [-0.2, -0.15) is 0 Å². The van der Waals surface area contributed by atoms with Gasteiger partial charge in [-0.15, -0.1) is 0 Å². The van der Waals surface area contributed by atoms with Crippen LogP contribution in [0.1, 0.15) is 5.56 Å². The van der Waals surface area contributed by atoms with Gasteiger partial charge in [-0.3, -0.25) is 14.9 Å². The van der Waals surface area contributed by atoms with Crippen molar-refractivity contribution in [2.24, 2.45) is 0 Å². The van der Waals surface area contributed by atoms with E-state index in [-0.39, 0.29) is 5.57 Å². The second kappa shape index (κ2) is 7.63. The van der Waals surface area contributed by atoms with Crippen molar-refractivity contribution in [3.05, 3.63) is 58.1 Å². The maximum atomic E-state index is 12.8. The Kier molecular flexibility index (Phi) is 5.27. The van der Waals surface area contributed by atoms with E-state index >= 15 is 0 Å². The number of ether oxygens (including phenoxy) is 2. The van der Waals surface area contributed by atoms with Crippen LogP contribution in [0.5, 0.6) is 11.5 Å². The normalized spacial score (nSPS) is 15.7. The van der Waals surface area contributed by atoms with E-state index in [0.29, 0.717) is 27.2 Å². The molecule has 0 radical (unpaired) electrons. The van der Waals surface area contributed by atoms with Crippen LogP contribution in [-0.2, 0) is 9.59 Å². The molecule has 4 amide bonds. The molecule has 1 saturated heterocycles. The van der Waals surface area contributed by atoms with Gasteiger partial charge in [-0.1, -0.05) is 18.2 Å². The standard InChI is InChI=1S/C19H15BrN2O5/c1-26-15-10-11(9-14(20)16(15)27-2)8-13-17(23)21-19(25)22(18(13)24)12-6-4-3-5-7-12/h3-10H,1-2H3,(H,21,23,25)/b13-8-. The third-order valence-corrected chi connectivity index (χ3v) is 4.47. The molecule has 1 heterocycles. The molecule has 8 heteroatoms. The predicted octanol–water partition coefficient (Wildman–Crippen LogP) is 3.13. The van der Waals surface area contributed by atoms with Crippen LogP contribution < -0.4 is 19.7 Å². The molecular weight excluding hydrogens is 416 g/mol. The maximum absolute atomic E-state index is 12.8. The Morgan fingerprint density at radius 3 is 2.37 bits per heavy atom. The van der Waals surface area contributed by atoms with Gasteiger partial charge in [-0.05, 0) is 51.8 Å². The van der Waals surface area contributed by atoms with Crippen molar-refractivity contribution in [3.8, 4) is 11.5 Å². The van der Waals surface area contributed by atoms with Crippen LogP contribution in [0.3, 0.4) is 0 Å². The number of methoxy groups -OCH3 is 2. The molecule has 1 aliphatic heterocycles. The zero-order chi connectivity index (χ0) is 19.6. The Hall–Kier alpha value is -3.13. The minimum Gasteiger partial charge on any atom is -0.493 e. The Morgan fingerprint density at radius 1 is 1.04 bits per heavy atom. The van der Waals surface area contributed by atoms with Crippen LogP contribution in [0.25, 0.3) is 6.08 Å². The molecule has 0 spiro atoms. The number of halogens is 1. The molecular formula is C19H15BrN2O5. The number of carbonyl (C=O) groups excluding carboxylic acids is 3. The SMILES string of the molecule is COc1cc(/C=C2/C(=O)NC(=O)N(c3ccccc3)C2=O)cc(Br)c1OC. The van der Waals surface area contributed by atoms with Gasteiger partial charge < -0.3 is 9.47 Å². The molecule has 0 aliphatic carbocycles. The van der Waals surface area contributed by atoms with Gasteiger partial charge in [0.15, 0.2) is 11.5 Å². The van der Waals surface area contributed by atoms with Crippen LogP contribution in [0, 0.1) is 0 Å². The number of barbiturate groups is 1.